The fraction of sp³-hybridized carbons (Fsp3) is 0.333. The SMILES string of the molecule is CC(O)c1nccn1Cc1cc(-c2ccc(C#Cc3ccc(C(C)(C)N4CCOCC4)cc3)cc2)on1. The molecule has 4 aromatic rings. The zero-order valence-electron chi connectivity index (χ0n) is 21.5. The molecule has 0 saturated carbocycles. The first kappa shape index (κ1) is 25.0. The molecular weight excluding hydrogens is 464 g/mol. The molecule has 0 amide bonds. The summed E-state index contributed by atoms with van der Waals surface area (Å²) in [6.07, 6.45) is 2.85. The van der Waals surface area contributed by atoms with Crippen LogP contribution in [0, 0.1) is 11.8 Å². The highest BCUT2D eigenvalue weighted by atomic mass is 16.5. The molecule has 7 nitrogen and oxygen atoms in total. The molecular formula is C30H32N4O3. The minimum atomic E-state index is -0.644. The van der Waals surface area contributed by atoms with E-state index in [4.69, 9.17) is 9.26 Å². The number of hydrogen-bond acceptors (Lipinski definition) is 6. The van der Waals surface area contributed by atoms with Gasteiger partial charge in [-0.25, -0.2) is 4.98 Å². The minimum Gasteiger partial charge on any atom is -0.385 e. The van der Waals surface area contributed by atoms with Crippen molar-refractivity contribution in [2.45, 2.75) is 39.0 Å². The van der Waals surface area contributed by atoms with Crippen molar-refractivity contribution in [2.24, 2.45) is 0 Å². The number of aliphatic hydroxyl groups is 1. The maximum atomic E-state index is 9.85. The number of imidazole rings is 1. The van der Waals surface area contributed by atoms with Gasteiger partial charge in [-0.3, -0.25) is 4.90 Å². The Morgan fingerprint density at radius 2 is 1.65 bits per heavy atom. The van der Waals surface area contributed by atoms with Gasteiger partial charge in [0.05, 0.1) is 19.8 Å². The molecule has 0 radical (unpaired) electrons. The molecule has 37 heavy (non-hydrogen) atoms. The van der Waals surface area contributed by atoms with Crippen molar-refractivity contribution in [3.63, 3.8) is 0 Å². The number of morpholine rings is 1. The van der Waals surface area contributed by atoms with Crippen molar-refractivity contribution in [1.29, 1.82) is 0 Å². The highest BCUT2D eigenvalue weighted by molar-refractivity contribution is 5.59. The van der Waals surface area contributed by atoms with E-state index in [0.717, 1.165) is 48.7 Å². The topological polar surface area (TPSA) is 76.6 Å². The molecule has 5 rings (SSSR count). The normalized spacial score (nSPS) is 15.2. The number of rotatable bonds is 6. The van der Waals surface area contributed by atoms with Crippen LogP contribution in [0.15, 0.2) is 71.5 Å². The molecule has 1 unspecified atom stereocenters. The zero-order chi connectivity index (χ0) is 25.8. The summed E-state index contributed by atoms with van der Waals surface area (Å²) in [5, 5.41) is 14.0. The Balaban J connectivity index is 1.23. The Labute approximate surface area is 217 Å². The highest BCUT2D eigenvalue weighted by Gasteiger charge is 2.29. The van der Waals surface area contributed by atoms with Gasteiger partial charge in [-0.15, -0.1) is 0 Å². The van der Waals surface area contributed by atoms with Gasteiger partial charge in [-0.2, -0.15) is 0 Å². The number of hydrogen-bond donors (Lipinski definition) is 1. The van der Waals surface area contributed by atoms with Crippen LogP contribution in [0.4, 0.5) is 0 Å². The van der Waals surface area contributed by atoms with Crippen LogP contribution in [-0.2, 0) is 16.8 Å². The van der Waals surface area contributed by atoms with Gasteiger partial charge in [0, 0.05) is 53.8 Å². The number of nitrogens with zero attached hydrogens (tertiary/aromatic N) is 4. The van der Waals surface area contributed by atoms with E-state index in [-0.39, 0.29) is 5.54 Å². The van der Waals surface area contributed by atoms with Gasteiger partial charge in [0.2, 0.25) is 0 Å². The average Bonchev–Trinajstić information content (AvgIpc) is 3.59. The molecule has 0 bridgehead atoms. The van der Waals surface area contributed by atoms with E-state index < -0.39 is 6.10 Å². The minimum absolute atomic E-state index is 0.0372. The van der Waals surface area contributed by atoms with Crippen LogP contribution in [0.5, 0.6) is 0 Å². The van der Waals surface area contributed by atoms with E-state index in [1.165, 1.54) is 5.56 Å². The average molecular weight is 497 g/mol. The molecule has 1 atom stereocenters. The Morgan fingerprint density at radius 1 is 1.00 bits per heavy atom. The van der Waals surface area contributed by atoms with Crippen LogP contribution in [0.1, 0.15) is 55.1 Å². The molecule has 1 saturated heterocycles. The molecule has 0 spiro atoms. The predicted molar refractivity (Wildman–Crippen MR) is 142 cm³/mol. The summed E-state index contributed by atoms with van der Waals surface area (Å²) < 4.78 is 12.9. The second kappa shape index (κ2) is 10.7. The first-order valence-electron chi connectivity index (χ1n) is 12.6. The summed E-state index contributed by atoms with van der Waals surface area (Å²) in [5.41, 5.74) is 4.86. The van der Waals surface area contributed by atoms with Crippen LogP contribution in [0.3, 0.4) is 0 Å². The number of aliphatic hydroxyl groups excluding tert-OH is 1. The maximum absolute atomic E-state index is 9.85. The molecule has 1 N–H and O–H groups in total. The Hall–Kier alpha value is -3.70. The predicted octanol–water partition coefficient (Wildman–Crippen LogP) is 4.61. The van der Waals surface area contributed by atoms with E-state index in [1.807, 2.05) is 41.1 Å². The van der Waals surface area contributed by atoms with E-state index in [1.54, 1.807) is 13.1 Å². The lowest BCUT2D eigenvalue weighted by atomic mass is 9.91. The summed E-state index contributed by atoms with van der Waals surface area (Å²) >= 11 is 0. The molecule has 1 fully saturated rings. The van der Waals surface area contributed by atoms with Crippen LogP contribution in [-0.4, -0.2) is 51.0 Å². The Morgan fingerprint density at radius 3 is 2.30 bits per heavy atom. The summed E-state index contributed by atoms with van der Waals surface area (Å²) in [4.78, 5) is 6.67. The quantitative estimate of drug-likeness (QED) is 0.393. The van der Waals surface area contributed by atoms with Gasteiger partial charge < -0.3 is 18.9 Å². The standard InChI is InChI=1S/C30H32N4O3/c1-22(35)29-31-14-15-33(29)21-27-20-28(37-32-27)25-10-6-23(7-11-25)4-5-24-8-12-26(13-9-24)30(2,3)34-16-18-36-19-17-34/h6-15,20,22,35H,16-19,21H2,1-3H3. The second-order valence-corrected chi connectivity index (χ2v) is 9.83. The summed E-state index contributed by atoms with van der Waals surface area (Å²) in [6, 6.07) is 18.4. The van der Waals surface area contributed by atoms with E-state index >= 15 is 0 Å². The summed E-state index contributed by atoms with van der Waals surface area (Å²) in [5.74, 6) is 7.82. The lowest BCUT2D eigenvalue weighted by Gasteiger charge is -2.41. The van der Waals surface area contributed by atoms with Gasteiger partial charge in [-0.05, 0) is 62.7 Å². The first-order valence-corrected chi connectivity index (χ1v) is 12.6. The van der Waals surface area contributed by atoms with E-state index in [9.17, 15) is 5.11 Å². The number of ether oxygens (including phenoxy) is 1. The molecule has 0 aliphatic carbocycles. The lowest BCUT2D eigenvalue weighted by molar-refractivity contribution is -0.0118. The van der Waals surface area contributed by atoms with Crippen LogP contribution in [0.2, 0.25) is 0 Å². The van der Waals surface area contributed by atoms with Crippen molar-refractivity contribution in [2.75, 3.05) is 26.3 Å². The highest BCUT2D eigenvalue weighted by Crippen LogP contribution is 2.28. The number of benzene rings is 2. The van der Waals surface area contributed by atoms with Gasteiger partial charge in [0.25, 0.3) is 0 Å². The van der Waals surface area contributed by atoms with Crippen molar-refractivity contribution < 1.29 is 14.4 Å². The lowest BCUT2D eigenvalue weighted by Crippen LogP contribution is -2.47. The molecule has 3 heterocycles. The molecule has 190 valence electrons. The van der Waals surface area contributed by atoms with Crippen molar-refractivity contribution in [1.82, 2.24) is 19.6 Å². The second-order valence-electron chi connectivity index (χ2n) is 9.83. The van der Waals surface area contributed by atoms with Gasteiger partial charge in [-0.1, -0.05) is 29.1 Å². The molecule has 2 aromatic carbocycles. The van der Waals surface area contributed by atoms with Crippen LogP contribution < -0.4 is 0 Å². The van der Waals surface area contributed by atoms with E-state index in [0.29, 0.717) is 18.1 Å². The molecule has 1 aliphatic heterocycles. The zero-order valence-corrected chi connectivity index (χ0v) is 21.5. The summed E-state index contributed by atoms with van der Waals surface area (Å²) in [6.45, 7) is 10.2. The first-order chi connectivity index (χ1) is 17.9. The smallest absolute Gasteiger partial charge is 0.167 e. The van der Waals surface area contributed by atoms with Crippen molar-refractivity contribution in [3.8, 4) is 23.2 Å². The number of aromatic nitrogens is 3. The fourth-order valence-electron chi connectivity index (χ4n) is 4.65. The van der Waals surface area contributed by atoms with Gasteiger partial charge >= 0.3 is 0 Å². The third kappa shape index (κ3) is 5.67. The largest absolute Gasteiger partial charge is 0.385 e. The third-order valence-corrected chi connectivity index (χ3v) is 6.93. The van der Waals surface area contributed by atoms with E-state index in [2.05, 4.69) is 65.0 Å². The maximum Gasteiger partial charge on any atom is 0.167 e. The molecule has 1 aliphatic rings. The van der Waals surface area contributed by atoms with Crippen molar-refractivity contribution in [3.05, 3.63) is 95.2 Å². The van der Waals surface area contributed by atoms with Gasteiger partial charge in [0.1, 0.15) is 17.6 Å². The Kier molecular flexibility index (Phi) is 7.24. The van der Waals surface area contributed by atoms with Crippen LogP contribution in [0.25, 0.3) is 11.3 Å². The molecule has 2 aromatic heterocycles. The molecule has 7 heteroatoms. The van der Waals surface area contributed by atoms with Gasteiger partial charge in [0.15, 0.2) is 5.76 Å². The van der Waals surface area contributed by atoms with Crippen LogP contribution >= 0.6 is 0 Å². The summed E-state index contributed by atoms with van der Waals surface area (Å²) in [7, 11) is 0. The Bertz CT molecular complexity index is 1380. The van der Waals surface area contributed by atoms with Crippen molar-refractivity contribution >= 4 is 0 Å². The monoisotopic (exact) mass is 496 g/mol. The fourth-order valence-corrected chi connectivity index (χ4v) is 4.65. The third-order valence-electron chi connectivity index (χ3n) is 6.93.